The van der Waals surface area contributed by atoms with Crippen molar-refractivity contribution >= 4 is 49.7 Å². The Morgan fingerprint density at radius 3 is 1.81 bits per heavy atom. The van der Waals surface area contributed by atoms with E-state index in [1.54, 1.807) is 30.3 Å². The van der Waals surface area contributed by atoms with E-state index in [0.29, 0.717) is 22.1 Å². The third-order valence-electron chi connectivity index (χ3n) is 5.71. The number of carbonyl (C=O) groups excluding carboxylic acids is 2. The lowest BCUT2D eigenvalue weighted by molar-refractivity contribution is -0.125. The summed E-state index contributed by atoms with van der Waals surface area (Å²) < 4.78 is 55.2. The summed E-state index contributed by atoms with van der Waals surface area (Å²) in [6.45, 7) is 4.25. The highest BCUT2D eigenvalue weighted by molar-refractivity contribution is 7.93. The molecule has 3 aromatic rings. The minimum atomic E-state index is -4.04. The maximum atomic E-state index is 13.2. The summed E-state index contributed by atoms with van der Waals surface area (Å²) in [7, 11) is -4.04. The summed E-state index contributed by atoms with van der Waals surface area (Å²) in [6, 6.07) is 15.5. The number of sulfonamides is 1. The number of carbonyl (C=O) groups is 2. The topological polar surface area (TPSA) is 104 Å². The number of fused-ring (bicyclic) bond motifs is 1. The molecule has 0 aliphatic heterocycles. The number of halogens is 2. The van der Waals surface area contributed by atoms with Crippen molar-refractivity contribution in [1.29, 1.82) is 0 Å². The first-order valence-corrected chi connectivity index (χ1v) is 12.7. The molecule has 3 aromatic carbocycles. The van der Waals surface area contributed by atoms with Gasteiger partial charge in [0.2, 0.25) is 11.8 Å². The number of hydrogen-bond donors (Lipinski definition) is 3. The van der Waals surface area contributed by atoms with E-state index < -0.39 is 46.0 Å². The Morgan fingerprint density at radius 2 is 1.22 bits per heavy atom. The second kappa shape index (κ2) is 10.2. The number of amides is 2. The van der Waals surface area contributed by atoms with Crippen LogP contribution in [0.2, 0.25) is 0 Å². The van der Waals surface area contributed by atoms with Crippen LogP contribution in [0.5, 0.6) is 0 Å². The van der Waals surface area contributed by atoms with Gasteiger partial charge in [-0.2, -0.15) is 0 Å². The molecule has 0 unspecified atom stereocenters. The third kappa shape index (κ3) is 5.81. The molecule has 7 nitrogen and oxygen atoms in total. The lowest BCUT2D eigenvalue weighted by Gasteiger charge is -2.20. The SMILES string of the molecule is CC(C)(CF)C(=O)Nc1ccc(NS(=O)(=O)c2cccc3c(NC(=O)C(C)(C)CF)cccc23)cc1. The standard InChI is InChI=1S/C26H29F2N3O4S/c1-25(2,15-27)23(32)29-17-11-13-18(14-12-17)31-36(34,35)22-10-6-7-19-20(22)8-5-9-21(19)30-24(33)26(3,4)16-28/h5-14,31H,15-16H2,1-4H3,(H,29,32)(H,30,33). The molecule has 0 atom stereocenters. The molecule has 192 valence electrons. The van der Waals surface area contributed by atoms with Crippen molar-refractivity contribution in [3.8, 4) is 0 Å². The van der Waals surface area contributed by atoms with Crippen LogP contribution in [-0.4, -0.2) is 33.6 Å². The van der Waals surface area contributed by atoms with E-state index in [1.807, 2.05) is 0 Å². The highest BCUT2D eigenvalue weighted by atomic mass is 32.2. The zero-order valence-corrected chi connectivity index (χ0v) is 21.3. The molecular weight excluding hydrogens is 488 g/mol. The van der Waals surface area contributed by atoms with Gasteiger partial charge in [0.25, 0.3) is 10.0 Å². The molecule has 0 aliphatic carbocycles. The zero-order chi connectivity index (χ0) is 26.7. The maximum Gasteiger partial charge on any atom is 0.262 e. The summed E-state index contributed by atoms with van der Waals surface area (Å²) in [5.74, 6) is -1.02. The highest BCUT2D eigenvalue weighted by Crippen LogP contribution is 2.31. The second-order valence-electron chi connectivity index (χ2n) is 9.78. The molecule has 0 fully saturated rings. The summed E-state index contributed by atoms with van der Waals surface area (Å²) in [6.07, 6.45) is 0. The van der Waals surface area contributed by atoms with Gasteiger partial charge in [-0.15, -0.1) is 0 Å². The molecule has 0 bridgehead atoms. The van der Waals surface area contributed by atoms with E-state index in [2.05, 4.69) is 15.4 Å². The molecule has 0 aromatic heterocycles. The van der Waals surface area contributed by atoms with Gasteiger partial charge in [-0.25, -0.2) is 17.2 Å². The largest absolute Gasteiger partial charge is 0.326 e. The van der Waals surface area contributed by atoms with Gasteiger partial charge in [-0.1, -0.05) is 24.3 Å². The number of anilines is 3. The van der Waals surface area contributed by atoms with Crippen LogP contribution in [0.1, 0.15) is 27.7 Å². The van der Waals surface area contributed by atoms with Crippen molar-refractivity contribution in [3.63, 3.8) is 0 Å². The minimum absolute atomic E-state index is 0.0112. The fraction of sp³-hybridized carbons (Fsp3) is 0.308. The van der Waals surface area contributed by atoms with Crippen LogP contribution in [0.15, 0.2) is 65.6 Å². The van der Waals surface area contributed by atoms with E-state index in [4.69, 9.17) is 0 Å². The highest BCUT2D eigenvalue weighted by Gasteiger charge is 2.29. The Morgan fingerprint density at radius 1 is 0.722 bits per heavy atom. The number of nitrogens with one attached hydrogen (secondary N) is 3. The van der Waals surface area contributed by atoms with Gasteiger partial charge in [0.1, 0.15) is 13.3 Å². The molecule has 0 saturated heterocycles. The quantitative estimate of drug-likeness (QED) is 0.348. The van der Waals surface area contributed by atoms with Crippen molar-refractivity contribution in [3.05, 3.63) is 60.7 Å². The van der Waals surface area contributed by atoms with Crippen LogP contribution >= 0.6 is 0 Å². The smallest absolute Gasteiger partial charge is 0.262 e. The summed E-state index contributed by atoms with van der Waals surface area (Å²) in [5, 5.41) is 6.15. The van der Waals surface area contributed by atoms with Crippen LogP contribution in [0, 0.1) is 10.8 Å². The monoisotopic (exact) mass is 517 g/mol. The summed E-state index contributed by atoms with van der Waals surface area (Å²) in [4.78, 5) is 24.6. The average Bonchev–Trinajstić information content (AvgIpc) is 2.84. The second-order valence-corrected chi connectivity index (χ2v) is 11.4. The zero-order valence-electron chi connectivity index (χ0n) is 20.5. The van der Waals surface area contributed by atoms with Crippen molar-refractivity contribution in [2.45, 2.75) is 32.6 Å². The molecule has 3 N–H and O–H groups in total. The Bertz CT molecular complexity index is 1390. The van der Waals surface area contributed by atoms with Gasteiger partial charge in [0.05, 0.1) is 15.7 Å². The predicted octanol–water partition coefficient (Wildman–Crippen LogP) is 5.51. The van der Waals surface area contributed by atoms with Crippen molar-refractivity contribution in [2.24, 2.45) is 10.8 Å². The fourth-order valence-corrected chi connectivity index (χ4v) is 4.45. The van der Waals surface area contributed by atoms with Gasteiger partial charge < -0.3 is 10.6 Å². The van der Waals surface area contributed by atoms with Gasteiger partial charge >= 0.3 is 0 Å². The first-order valence-electron chi connectivity index (χ1n) is 11.2. The molecule has 0 aliphatic rings. The molecule has 0 saturated carbocycles. The molecule has 10 heteroatoms. The van der Waals surface area contributed by atoms with E-state index in [0.717, 1.165) is 0 Å². The Labute approximate surface area is 209 Å². The van der Waals surface area contributed by atoms with Gasteiger partial charge in [-0.05, 0) is 64.1 Å². The summed E-state index contributed by atoms with van der Waals surface area (Å²) >= 11 is 0. The number of hydrogen-bond acceptors (Lipinski definition) is 4. The predicted molar refractivity (Wildman–Crippen MR) is 138 cm³/mol. The van der Waals surface area contributed by atoms with E-state index in [9.17, 15) is 26.8 Å². The third-order valence-corrected chi connectivity index (χ3v) is 7.15. The molecule has 36 heavy (non-hydrogen) atoms. The Balaban J connectivity index is 1.87. The van der Waals surface area contributed by atoms with Crippen LogP contribution < -0.4 is 15.4 Å². The van der Waals surface area contributed by atoms with Crippen molar-refractivity contribution in [1.82, 2.24) is 0 Å². The lowest BCUT2D eigenvalue weighted by atomic mass is 9.94. The Kier molecular flexibility index (Phi) is 7.68. The first-order chi connectivity index (χ1) is 16.8. The lowest BCUT2D eigenvalue weighted by Crippen LogP contribution is -2.32. The molecule has 0 spiro atoms. The van der Waals surface area contributed by atoms with Gasteiger partial charge in [-0.3, -0.25) is 14.3 Å². The average molecular weight is 518 g/mol. The minimum Gasteiger partial charge on any atom is -0.326 e. The Hall–Kier alpha value is -3.53. The molecular formula is C26H29F2N3O4S. The van der Waals surface area contributed by atoms with Crippen LogP contribution in [0.25, 0.3) is 10.8 Å². The van der Waals surface area contributed by atoms with Gasteiger partial charge in [0, 0.05) is 27.8 Å². The summed E-state index contributed by atoms with van der Waals surface area (Å²) in [5.41, 5.74) is -1.41. The first kappa shape index (κ1) is 27.1. The number of benzene rings is 3. The van der Waals surface area contributed by atoms with Gasteiger partial charge in [0.15, 0.2) is 0 Å². The maximum absolute atomic E-state index is 13.2. The molecule has 0 heterocycles. The van der Waals surface area contributed by atoms with Crippen molar-refractivity contribution < 1.29 is 26.8 Å². The molecule has 2 amide bonds. The molecule has 3 rings (SSSR count). The molecule has 0 radical (unpaired) electrons. The van der Waals surface area contributed by atoms with E-state index >= 15 is 0 Å². The van der Waals surface area contributed by atoms with Crippen LogP contribution in [0.3, 0.4) is 0 Å². The van der Waals surface area contributed by atoms with Crippen LogP contribution in [-0.2, 0) is 19.6 Å². The number of rotatable bonds is 9. The normalized spacial score (nSPS) is 12.3. The van der Waals surface area contributed by atoms with E-state index in [-0.39, 0.29) is 10.6 Å². The van der Waals surface area contributed by atoms with E-state index in [1.165, 1.54) is 58.0 Å². The van der Waals surface area contributed by atoms with Crippen LogP contribution in [0.4, 0.5) is 25.8 Å². The number of alkyl halides is 2. The van der Waals surface area contributed by atoms with Crippen molar-refractivity contribution in [2.75, 3.05) is 28.7 Å². The fourth-order valence-electron chi connectivity index (χ4n) is 3.17.